The van der Waals surface area contributed by atoms with Crippen molar-refractivity contribution in [3.8, 4) is 5.75 Å². The van der Waals surface area contributed by atoms with E-state index in [0.29, 0.717) is 18.2 Å². The molecule has 0 N–H and O–H groups in total. The average molecular weight is 345 g/mol. The quantitative estimate of drug-likeness (QED) is 0.828. The summed E-state index contributed by atoms with van der Waals surface area (Å²) in [7, 11) is 3.95. The van der Waals surface area contributed by atoms with Crippen LogP contribution < -0.4 is 4.74 Å². The summed E-state index contributed by atoms with van der Waals surface area (Å²) in [4.78, 5) is 7.77. The van der Waals surface area contributed by atoms with Crippen molar-refractivity contribution in [3.63, 3.8) is 0 Å². The molecule has 138 valence electrons. The van der Waals surface area contributed by atoms with Gasteiger partial charge in [0.25, 0.3) is 0 Å². The first-order valence-electron chi connectivity index (χ1n) is 9.66. The number of piperazine rings is 1. The molecule has 0 aliphatic carbocycles. The maximum Gasteiger partial charge on any atom is 0.118 e. The number of nitrogens with zero attached hydrogens (tertiary/aromatic N) is 3. The predicted octanol–water partition coefficient (Wildman–Crippen LogP) is 1.67. The molecule has 3 heterocycles. The molecule has 5 heteroatoms. The van der Waals surface area contributed by atoms with E-state index in [0.717, 1.165) is 25.4 Å². The van der Waals surface area contributed by atoms with Gasteiger partial charge in [0.15, 0.2) is 0 Å². The van der Waals surface area contributed by atoms with E-state index in [2.05, 4.69) is 46.0 Å². The Kier molecular flexibility index (Phi) is 5.27. The molecule has 0 radical (unpaired) electrons. The van der Waals surface area contributed by atoms with Gasteiger partial charge in [-0.25, -0.2) is 0 Å². The normalized spacial score (nSPS) is 31.8. The van der Waals surface area contributed by atoms with Crippen LogP contribution in [0.5, 0.6) is 5.75 Å². The van der Waals surface area contributed by atoms with Crippen LogP contribution >= 0.6 is 0 Å². The lowest BCUT2D eigenvalue weighted by molar-refractivity contribution is -0.0466. The molecule has 3 aliphatic heterocycles. The van der Waals surface area contributed by atoms with E-state index in [4.69, 9.17) is 9.47 Å². The lowest BCUT2D eigenvalue weighted by atomic mass is 9.99. The van der Waals surface area contributed by atoms with Crippen LogP contribution in [0, 0.1) is 0 Å². The van der Waals surface area contributed by atoms with Crippen molar-refractivity contribution < 1.29 is 9.47 Å². The number of likely N-dealkylation sites (tertiary alicyclic amines) is 1. The Hall–Kier alpha value is -1.14. The zero-order chi connectivity index (χ0) is 17.2. The summed E-state index contributed by atoms with van der Waals surface area (Å²) in [5, 5.41) is 0. The number of ether oxygens (including phenoxy) is 2. The molecule has 0 unspecified atom stereocenters. The van der Waals surface area contributed by atoms with Crippen LogP contribution in [0.25, 0.3) is 0 Å². The van der Waals surface area contributed by atoms with Crippen molar-refractivity contribution in [3.05, 3.63) is 29.8 Å². The average Bonchev–Trinajstić information content (AvgIpc) is 3.02. The molecule has 5 nitrogen and oxygen atoms in total. The largest absolute Gasteiger partial charge is 0.497 e. The molecule has 0 amide bonds. The summed E-state index contributed by atoms with van der Waals surface area (Å²) in [6, 6.07) is 9.65. The molecule has 4 rings (SSSR count). The highest BCUT2D eigenvalue weighted by Gasteiger charge is 2.46. The molecular formula is C20H31N3O2. The van der Waals surface area contributed by atoms with Gasteiger partial charge in [0.05, 0.1) is 19.3 Å². The van der Waals surface area contributed by atoms with Gasteiger partial charge in [0.2, 0.25) is 0 Å². The molecule has 1 aromatic rings. The third kappa shape index (κ3) is 3.70. The summed E-state index contributed by atoms with van der Waals surface area (Å²) < 4.78 is 11.6. The Labute approximate surface area is 151 Å². The first-order chi connectivity index (χ1) is 12.2. The minimum atomic E-state index is 0.385. The predicted molar refractivity (Wildman–Crippen MR) is 99.0 cm³/mol. The van der Waals surface area contributed by atoms with Gasteiger partial charge in [-0.2, -0.15) is 0 Å². The highest BCUT2D eigenvalue weighted by molar-refractivity contribution is 5.27. The smallest absolute Gasteiger partial charge is 0.118 e. The molecule has 1 aromatic carbocycles. The first-order valence-corrected chi connectivity index (χ1v) is 9.66. The van der Waals surface area contributed by atoms with Crippen LogP contribution in [0.3, 0.4) is 0 Å². The van der Waals surface area contributed by atoms with E-state index >= 15 is 0 Å². The molecule has 3 aliphatic rings. The van der Waals surface area contributed by atoms with Crippen LogP contribution in [-0.4, -0.2) is 86.4 Å². The molecule has 3 fully saturated rings. The van der Waals surface area contributed by atoms with Gasteiger partial charge in [-0.15, -0.1) is 0 Å². The lowest BCUT2D eigenvalue weighted by Crippen LogP contribution is -2.54. The molecule has 0 saturated carbocycles. The molecule has 0 spiro atoms. The van der Waals surface area contributed by atoms with Crippen molar-refractivity contribution in [2.75, 3.05) is 53.5 Å². The SMILES string of the molecule is COc1ccc(CN2C[C@H](N3CCN(C)CC3)[C@@H]3OCCC[C@@H]32)cc1. The number of hydrogen-bond acceptors (Lipinski definition) is 5. The molecule has 0 bridgehead atoms. The van der Waals surface area contributed by atoms with E-state index in [1.54, 1.807) is 7.11 Å². The van der Waals surface area contributed by atoms with Gasteiger partial charge in [-0.1, -0.05) is 12.1 Å². The molecule has 25 heavy (non-hydrogen) atoms. The van der Waals surface area contributed by atoms with Crippen LogP contribution in [0.2, 0.25) is 0 Å². The monoisotopic (exact) mass is 345 g/mol. The summed E-state index contributed by atoms with van der Waals surface area (Å²) in [5.74, 6) is 0.930. The Morgan fingerprint density at radius 2 is 1.84 bits per heavy atom. The zero-order valence-corrected chi connectivity index (χ0v) is 15.6. The van der Waals surface area contributed by atoms with Crippen molar-refractivity contribution in [2.24, 2.45) is 0 Å². The fraction of sp³-hybridized carbons (Fsp3) is 0.700. The van der Waals surface area contributed by atoms with Gasteiger partial charge in [0, 0.05) is 51.9 Å². The Bertz CT molecular complexity index is 557. The summed E-state index contributed by atoms with van der Waals surface area (Å²) in [6.07, 6.45) is 2.84. The first kappa shape index (κ1) is 17.3. The van der Waals surface area contributed by atoms with Crippen molar-refractivity contribution in [2.45, 2.75) is 37.6 Å². The summed E-state index contributed by atoms with van der Waals surface area (Å²) >= 11 is 0. The third-order valence-corrected chi connectivity index (χ3v) is 6.16. The van der Waals surface area contributed by atoms with Crippen LogP contribution in [0.15, 0.2) is 24.3 Å². The van der Waals surface area contributed by atoms with Crippen LogP contribution in [-0.2, 0) is 11.3 Å². The summed E-state index contributed by atoms with van der Waals surface area (Å²) in [6.45, 7) is 7.76. The Balaban J connectivity index is 1.46. The zero-order valence-electron chi connectivity index (χ0n) is 15.6. The van der Waals surface area contributed by atoms with E-state index < -0.39 is 0 Å². The Morgan fingerprint density at radius 3 is 2.56 bits per heavy atom. The van der Waals surface area contributed by atoms with Crippen molar-refractivity contribution in [1.82, 2.24) is 14.7 Å². The minimum Gasteiger partial charge on any atom is -0.497 e. The number of benzene rings is 1. The highest BCUT2D eigenvalue weighted by atomic mass is 16.5. The van der Waals surface area contributed by atoms with E-state index in [1.165, 1.54) is 44.6 Å². The van der Waals surface area contributed by atoms with Gasteiger partial charge < -0.3 is 14.4 Å². The molecular weight excluding hydrogens is 314 g/mol. The number of methoxy groups -OCH3 is 1. The number of rotatable bonds is 4. The number of fused-ring (bicyclic) bond motifs is 1. The number of likely N-dealkylation sites (N-methyl/N-ethyl adjacent to an activating group) is 1. The van der Waals surface area contributed by atoms with Crippen LogP contribution in [0.4, 0.5) is 0 Å². The fourth-order valence-corrected chi connectivity index (χ4v) is 4.65. The second-order valence-corrected chi connectivity index (χ2v) is 7.73. The molecule has 0 aromatic heterocycles. The van der Waals surface area contributed by atoms with Gasteiger partial charge in [-0.3, -0.25) is 9.80 Å². The van der Waals surface area contributed by atoms with Gasteiger partial charge in [0.1, 0.15) is 5.75 Å². The summed E-state index contributed by atoms with van der Waals surface area (Å²) in [5.41, 5.74) is 1.36. The Morgan fingerprint density at radius 1 is 1.08 bits per heavy atom. The van der Waals surface area contributed by atoms with Gasteiger partial charge >= 0.3 is 0 Å². The third-order valence-electron chi connectivity index (χ3n) is 6.16. The molecule has 3 atom stereocenters. The number of hydrogen-bond donors (Lipinski definition) is 0. The lowest BCUT2D eigenvalue weighted by Gasteiger charge is -2.39. The second kappa shape index (κ2) is 7.62. The van der Waals surface area contributed by atoms with E-state index in [1.807, 2.05) is 0 Å². The standard InChI is InChI=1S/C20H31N3O2/c1-21-9-11-22(12-10-21)19-15-23(18-4-3-13-25-20(18)19)14-16-5-7-17(24-2)8-6-16/h5-8,18-20H,3-4,9-15H2,1-2H3/t18-,19-,20+/m0/s1. The van der Waals surface area contributed by atoms with Crippen molar-refractivity contribution in [1.29, 1.82) is 0 Å². The van der Waals surface area contributed by atoms with Crippen LogP contribution in [0.1, 0.15) is 18.4 Å². The fourth-order valence-electron chi connectivity index (χ4n) is 4.65. The topological polar surface area (TPSA) is 28.2 Å². The second-order valence-electron chi connectivity index (χ2n) is 7.73. The van der Waals surface area contributed by atoms with Crippen molar-refractivity contribution >= 4 is 0 Å². The maximum atomic E-state index is 6.28. The highest BCUT2D eigenvalue weighted by Crippen LogP contribution is 2.33. The molecule has 3 saturated heterocycles. The maximum absolute atomic E-state index is 6.28. The van der Waals surface area contributed by atoms with Gasteiger partial charge in [-0.05, 0) is 37.6 Å². The van der Waals surface area contributed by atoms with E-state index in [9.17, 15) is 0 Å². The minimum absolute atomic E-state index is 0.385. The van der Waals surface area contributed by atoms with E-state index in [-0.39, 0.29) is 0 Å².